The fourth-order valence-electron chi connectivity index (χ4n) is 0.683. The zero-order valence-electron chi connectivity index (χ0n) is 6.65. The van der Waals surface area contributed by atoms with Gasteiger partial charge in [0.15, 0.2) is 0 Å². The minimum atomic E-state index is -0.212. The Balaban J connectivity index is 3.59. The van der Waals surface area contributed by atoms with Crippen molar-refractivity contribution in [2.45, 2.75) is 45.2 Å². The lowest BCUT2D eigenvalue weighted by Crippen LogP contribution is -2.50. The van der Waals surface area contributed by atoms with Gasteiger partial charge in [-0.1, -0.05) is 13.3 Å². The second-order valence-electron chi connectivity index (χ2n) is 3.22. The van der Waals surface area contributed by atoms with Crippen LogP contribution >= 0.6 is 0 Å². The molecule has 0 aromatic rings. The third-order valence-corrected chi connectivity index (χ3v) is 1.56. The lowest BCUT2D eigenvalue weighted by Gasteiger charge is -2.26. The Morgan fingerprint density at radius 1 is 1.44 bits per heavy atom. The number of hydrogen-bond donors (Lipinski definition) is 2. The minimum absolute atomic E-state index is 0.141. The van der Waals surface area contributed by atoms with E-state index in [9.17, 15) is 0 Å². The van der Waals surface area contributed by atoms with E-state index >= 15 is 0 Å². The molecule has 0 aromatic carbocycles. The first-order valence-electron chi connectivity index (χ1n) is 3.53. The van der Waals surface area contributed by atoms with Crippen molar-refractivity contribution in [2.24, 2.45) is 11.5 Å². The summed E-state index contributed by atoms with van der Waals surface area (Å²) in [6.07, 6.45) is 2.13. The molecule has 0 aliphatic heterocycles. The van der Waals surface area contributed by atoms with Gasteiger partial charge in [0.2, 0.25) is 0 Å². The van der Waals surface area contributed by atoms with Crippen LogP contribution < -0.4 is 11.5 Å². The maximum Gasteiger partial charge on any atom is 0.0250 e. The molecule has 0 aliphatic rings. The topological polar surface area (TPSA) is 52.0 Å². The number of nitrogens with two attached hydrogens (primary N) is 2. The summed E-state index contributed by atoms with van der Waals surface area (Å²) in [5.74, 6) is 0. The van der Waals surface area contributed by atoms with Crippen LogP contribution in [0.1, 0.15) is 33.6 Å². The Bertz CT molecular complexity index is 73.5. The Labute approximate surface area is 57.6 Å². The number of hydrogen-bond acceptors (Lipinski definition) is 2. The van der Waals surface area contributed by atoms with E-state index in [1.54, 1.807) is 0 Å². The van der Waals surface area contributed by atoms with E-state index in [0.29, 0.717) is 0 Å². The molecule has 0 saturated heterocycles. The van der Waals surface area contributed by atoms with Crippen molar-refractivity contribution in [3.8, 4) is 0 Å². The van der Waals surface area contributed by atoms with Crippen LogP contribution in [0.2, 0.25) is 0 Å². The van der Waals surface area contributed by atoms with Gasteiger partial charge in [0.25, 0.3) is 0 Å². The SMILES string of the molecule is CCCC(N)C(C)(C)N. The molecule has 0 radical (unpaired) electrons. The molecule has 2 nitrogen and oxygen atoms in total. The van der Waals surface area contributed by atoms with Crippen molar-refractivity contribution in [3.05, 3.63) is 0 Å². The van der Waals surface area contributed by atoms with Gasteiger partial charge in [-0.15, -0.1) is 0 Å². The molecule has 0 fully saturated rings. The second kappa shape index (κ2) is 3.18. The van der Waals surface area contributed by atoms with Gasteiger partial charge in [-0.2, -0.15) is 0 Å². The van der Waals surface area contributed by atoms with E-state index in [1.165, 1.54) is 0 Å². The van der Waals surface area contributed by atoms with Crippen LogP contribution in [0, 0.1) is 0 Å². The molecular formula is C7H18N2. The van der Waals surface area contributed by atoms with E-state index in [0.717, 1.165) is 12.8 Å². The Kier molecular flexibility index (Phi) is 3.15. The molecule has 0 aromatic heterocycles. The van der Waals surface area contributed by atoms with Crippen molar-refractivity contribution < 1.29 is 0 Å². The van der Waals surface area contributed by atoms with Crippen LogP contribution in [0.3, 0.4) is 0 Å². The Hall–Kier alpha value is -0.0800. The second-order valence-corrected chi connectivity index (χ2v) is 3.22. The quantitative estimate of drug-likeness (QED) is 0.595. The molecule has 0 heterocycles. The average molecular weight is 130 g/mol. The van der Waals surface area contributed by atoms with E-state index in [2.05, 4.69) is 6.92 Å². The minimum Gasteiger partial charge on any atom is -0.326 e. The smallest absolute Gasteiger partial charge is 0.0250 e. The van der Waals surface area contributed by atoms with Crippen molar-refractivity contribution in [2.75, 3.05) is 0 Å². The van der Waals surface area contributed by atoms with Gasteiger partial charge >= 0.3 is 0 Å². The van der Waals surface area contributed by atoms with Crippen molar-refractivity contribution >= 4 is 0 Å². The highest BCUT2D eigenvalue weighted by Gasteiger charge is 2.19. The van der Waals surface area contributed by atoms with Crippen molar-refractivity contribution in [1.29, 1.82) is 0 Å². The fourth-order valence-corrected chi connectivity index (χ4v) is 0.683. The average Bonchev–Trinajstić information content (AvgIpc) is 1.64. The molecule has 0 amide bonds. The van der Waals surface area contributed by atoms with Gasteiger partial charge in [-0.3, -0.25) is 0 Å². The van der Waals surface area contributed by atoms with Crippen LogP contribution in [0.5, 0.6) is 0 Å². The predicted octanol–water partition coefficient (Wildman–Crippen LogP) is 0.851. The monoisotopic (exact) mass is 130 g/mol. The van der Waals surface area contributed by atoms with Crippen LogP contribution in [-0.2, 0) is 0 Å². The summed E-state index contributed by atoms with van der Waals surface area (Å²) in [4.78, 5) is 0. The summed E-state index contributed by atoms with van der Waals surface area (Å²) in [5.41, 5.74) is 11.3. The third kappa shape index (κ3) is 3.49. The molecule has 56 valence electrons. The molecule has 0 spiro atoms. The van der Waals surface area contributed by atoms with E-state index in [4.69, 9.17) is 11.5 Å². The molecule has 1 unspecified atom stereocenters. The maximum absolute atomic E-state index is 5.74. The van der Waals surface area contributed by atoms with Gasteiger partial charge < -0.3 is 11.5 Å². The highest BCUT2D eigenvalue weighted by atomic mass is 14.8. The van der Waals surface area contributed by atoms with Crippen LogP contribution in [0.4, 0.5) is 0 Å². The lowest BCUT2D eigenvalue weighted by atomic mass is 9.93. The first-order valence-corrected chi connectivity index (χ1v) is 3.53. The standard InChI is InChI=1S/C7H18N2/c1-4-5-6(8)7(2,3)9/h6H,4-5,8-9H2,1-3H3. The fraction of sp³-hybridized carbons (Fsp3) is 1.00. The van der Waals surface area contributed by atoms with Crippen molar-refractivity contribution in [3.63, 3.8) is 0 Å². The van der Waals surface area contributed by atoms with E-state index in [-0.39, 0.29) is 11.6 Å². The van der Waals surface area contributed by atoms with Gasteiger partial charge in [0.1, 0.15) is 0 Å². The first-order chi connectivity index (χ1) is 3.98. The molecule has 0 rings (SSSR count). The summed E-state index contributed by atoms with van der Waals surface area (Å²) < 4.78 is 0. The van der Waals surface area contributed by atoms with Crippen LogP contribution in [-0.4, -0.2) is 11.6 Å². The molecule has 9 heavy (non-hydrogen) atoms. The van der Waals surface area contributed by atoms with Crippen LogP contribution in [0.25, 0.3) is 0 Å². The molecule has 1 atom stereocenters. The van der Waals surface area contributed by atoms with Gasteiger partial charge in [-0.05, 0) is 20.3 Å². The molecule has 4 N–H and O–H groups in total. The van der Waals surface area contributed by atoms with E-state index < -0.39 is 0 Å². The summed E-state index contributed by atoms with van der Waals surface area (Å²) in [6, 6.07) is 0.141. The van der Waals surface area contributed by atoms with Gasteiger partial charge in [0, 0.05) is 11.6 Å². The first kappa shape index (κ1) is 8.92. The summed E-state index contributed by atoms with van der Waals surface area (Å²) in [5, 5.41) is 0. The normalized spacial score (nSPS) is 15.7. The zero-order chi connectivity index (χ0) is 7.49. The molecule has 0 aliphatic carbocycles. The molecular weight excluding hydrogens is 112 g/mol. The third-order valence-electron chi connectivity index (χ3n) is 1.56. The Morgan fingerprint density at radius 2 is 1.89 bits per heavy atom. The molecule has 0 bridgehead atoms. The highest BCUT2D eigenvalue weighted by molar-refractivity contribution is 4.84. The van der Waals surface area contributed by atoms with Crippen molar-refractivity contribution in [1.82, 2.24) is 0 Å². The van der Waals surface area contributed by atoms with Gasteiger partial charge in [0.05, 0.1) is 0 Å². The predicted molar refractivity (Wildman–Crippen MR) is 41.1 cm³/mol. The molecule has 0 saturated carbocycles. The zero-order valence-corrected chi connectivity index (χ0v) is 6.65. The van der Waals surface area contributed by atoms with Gasteiger partial charge in [-0.25, -0.2) is 0 Å². The van der Waals surface area contributed by atoms with Crippen LogP contribution in [0.15, 0.2) is 0 Å². The number of rotatable bonds is 3. The Morgan fingerprint density at radius 3 is 2.00 bits per heavy atom. The maximum atomic E-state index is 5.74. The van der Waals surface area contributed by atoms with E-state index in [1.807, 2.05) is 13.8 Å². The molecule has 2 heteroatoms. The summed E-state index contributed by atoms with van der Waals surface area (Å²) in [7, 11) is 0. The summed E-state index contributed by atoms with van der Waals surface area (Å²) in [6.45, 7) is 6.05. The highest BCUT2D eigenvalue weighted by Crippen LogP contribution is 2.07. The largest absolute Gasteiger partial charge is 0.326 e. The lowest BCUT2D eigenvalue weighted by molar-refractivity contribution is 0.386. The summed E-state index contributed by atoms with van der Waals surface area (Å²) >= 11 is 0.